The lowest BCUT2D eigenvalue weighted by Gasteiger charge is -2.26. The lowest BCUT2D eigenvalue weighted by Crippen LogP contribution is -2.54. The topological polar surface area (TPSA) is 84.9 Å². The first kappa shape index (κ1) is 23.1. The van der Waals surface area contributed by atoms with E-state index in [1.54, 1.807) is 54.6 Å². The minimum Gasteiger partial charge on any atom is -0.493 e. The van der Waals surface area contributed by atoms with E-state index >= 15 is 0 Å². The van der Waals surface area contributed by atoms with E-state index in [0.717, 1.165) is 10.5 Å². The predicted molar refractivity (Wildman–Crippen MR) is 129 cm³/mol. The summed E-state index contributed by atoms with van der Waals surface area (Å²) < 4.78 is 11.3. The third-order valence-electron chi connectivity index (χ3n) is 5.07. The van der Waals surface area contributed by atoms with Gasteiger partial charge in [0.15, 0.2) is 0 Å². The van der Waals surface area contributed by atoms with Crippen LogP contribution in [0.4, 0.5) is 10.5 Å². The first-order valence-electron chi connectivity index (χ1n) is 10.6. The van der Waals surface area contributed by atoms with Gasteiger partial charge >= 0.3 is 6.03 Å². The molecule has 7 nitrogen and oxygen atoms in total. The summed E-state index contributed by atoms with van der Waals surface area (Å²) in [5.74, 6) is -0.436. The lowest BCUT2D eigenvalue weighted by molar-refractivity contribution is -0.122. The van der Waals surface area contributed by atoms with E-state index < -0.39 is 17.8 Å². The largest absolute Gasteiger partial charge is 0.493 e. The first-order chi connectivity index (χ1) is 16.5. The Hall–Kier alpha value is -4.10. The molecular formula is C26H21ClN2O5. The van der Waals surface area contributed by atoms with Gasteiger partial charge in [-0.15, -0.1) is 0 Å². The van der Waals surface area contributed by atoms with Crippen molar-refractivity contribution in [3.05, 3.63) is 94.5 Å². The zero-order valence-corrected chi connectivity index (χ0v) is 19.0. The number of nitrogens with one attached hydrogen (secondary N) is 1. The Morgan fingerprint density at radius 3 is 2.35 bits per heavy atom. The van der Waals surface area contributed by atoms with Crippen molar-refractivity contribution in [3.8, 4) is 11.5 Å². The molecule has 1 heterocycles. The normalized spacial score (nSPS) is 14.8. The number of halogens is 1. The molecule has 1 saturated heterocycles. The molecule has 0 aliphatic carbocycles. The number of carbonyl (C=O) groups excluding carboxylic acids is 3. The minimum atomic E-state index is -0.824. The zero-order chi connectivity index (χ0) is 24.1. The molecule has 8 heteroatoms. The van der Waals surface area contributed by atoms with Crippen LogP contribution in [0.5, 0.6) is 11.5 Å². The average Bonchev–Trinajstić information content (AvgIpc) is 2.83. The molecule has 0 unspecified atom stereocenters. The fraction of sp³-hybridized carbons (Fsp3) is 0.115. The maximum Gasteiger partial charge on any atom is 0.335 e. The Labute approximate surface area is 201 Å². The van der Waals surface area contributed by atoms with Gasteiger partial charge in [0.25, 0.3) is 11.8 Å². The number of hydrogen-bond acceptors (Lipinski definition) is 5. The molecule has 3 aromatic rings. The average molecular weight is 477 g/mol. The van der Waals surface area contributed by atoms with Crippen LogP contribution >= 0.6 is 11.6 Å². The highest BCUT2D eigenvalue weighted by atomic mass is 35.5. The van der Waals surface area contributed by atoms with E-state index in [-0.39, 0.29) is 12.2 Å². The predicted octanol–water partition coefficient (Wildman–Crippen LogP) is 4.98. The SMILES string of the molecule is CCOc1ccccc1/C=C1\C(=O)NC(=O)N(c2ccc(OCc3ccccc3Cl)cc2)C1=O. The number of nitrogens with zero attached hydrogens (tertiary/aromatic N) is 1. The van der Waals surface area contributed by atoms with Gasteiger partial charge in [0.1, 0.15) is 23.7 Å². The van der Waals surface area contributed by atoms with Crippen LogP contribution in [-0.2, 0) is 16.2 Å². The highest BCUT2D eigenvalue weighted by Crippen LogP contribution is 2.27. The van der Waals surface area contributed by atoms with Crippen molar-refractivity contribution in [2.45, 2.75) is 13.5 Å². The van der Waals surface area contributed by atoms with Crippen molar-refractivity contribution in [3.63, 3.8) is 0 Å². The summed E-state index contributed by atoms with van der Waals surface area (Å²) in [4.78, 5) is 39.0. The number of carbonyl (C=O) groups is 3. The second-order valence-corrected chi connectivity index (χ2v) is 7.71. The summed E-state index contributed by atoms with van der Waals surface area (Å²) in [5, 5.41) is 2.82. The molecular weight excluding hydrogens is 456 g/mol. The van der Waals surface area contributed by atoms with Crippen molar-refractivity contribution >= 4 is 41.2 Å². The molecule has 1 fully saturated rings. The quantitative estimate of drug-likeness (QED) is 0.384. The van der Waals surface area contributed by atoms with E-state index in [4.69, 9.17) is 21.1 Å². The highest BCUT2D eigenvalue weighted by Gasteiger charge is 2.37. The Balaban J connectivity index is 1.55. The van der Waals surface area contributed by atoms with E-state index in [0.29, 0.717) is 34.4 Å². The number of ether oxygens (including phenoxy) is 2. The van der Waals surface area contributed by atoms with Crippen LogP contribution in [0.25, 0.3) is 6.08 Å². The summed E-state index contributed by atoms with van der Waals surface area (Å²) in [6.07, 6.45) is 1.42. The molecule has 0 bridgehead atoms. The molecule has 34 heavy (non-hydrogen) atoms. The van der Waals surface area contributed by atoms with Gasteiger partial charge in [-0.1, -0.05) is 48.0 Å². The number of imide groups is 2. The van der Waals surface area contributed by atoms with Crippen LogP contribution in [0, 0.1) is 0 Å². The molecule has 0 aromatic heterocycles. The van der Waals surface area contributed by atoms with Crippen LogP contribution in [-0.4, -0.2) is 24.5 Å². The van der Waals surface area contributed by atoms with E-state index in [1.165, 1.54) is 6.08 Å². The number of hydrogen-bond donors (Lipinski definition) is 1. The van der Waals surface area contributed by atoms with Crippen molar-refractivity contribution in [2.75, 3.05) is 11.5 Å². The van der Waals surface area contributed by atoms with Crippen LogP contribution in [0.3, 0.4) is 0 Å². The summed E-state index contributed by atoms with van der Waals surface area (Å²) in [5.41, 5.74) is 1.51. The molecule has 3 aromatic carbocycles. The number of urea groups is 1. The summed E-state index contributed by atoms with van der Waals surface area (Å²) >= 11 is 6.15. The summed E-state index contributed by atoms with van der Waals surface area (Å²) in [6.45, 7) is 2.53. The zero-order valence-electron chi connectivity index (χ0n) is 18.3. The van der Waals surface area contributed by atoms with Crippen LogP contribution in [0.15, 0.2) is 78.4 Å². The van der Waals surface area contributed by atoms with Crippen LogP contribution in [0.2, 0.25) is 5.02 Å². The van der Waals surface area contributed by atoms with Crippen LogP contribution < -0.4 is 19.7 Å². The first-order valence-corrected chi connectivity index (χ1v) is 10.9. The maximum atomic E-state index is 13.1. The monoisotopic (exact) mass is 476 g/mol. The van der Waals surface area contributed by atoms with Gasteiger partial charge < -0.3 is 9.47 Å². The third-order valence-corrected chi connectivity index (χ3v) is 5.44. The molecule has 0 saturated carbocycles. The van der Waals surface area contributed by atoms with Gasteiger partial charge in [0, 0.05) is 16.1 Å². The fourth-order valence-electron chi connectivity index (χ4n) is 3.40. The van der Waals surface area contributed by atoms with Crippen molar-refractivity contribution < 1.29 is 23.9 Å². The number of amides is 4. The van der Waals surface area contributed by atoms with Gasteiger partial charge in [0.2, 0.25) is 0 Å². The van der Waals surface area contributed by atoms with Crippen molar-refractivity contribution in [1.82, 2.24) is 5.32 Å². The Bertz CT molecular complexity index is 1270. The summed E-state index contributed by atoms with van der Waals surface area (Å²) in [6, 6.07) is 20.0. The smallest absolute Gasteiger partial charge is 0.335 e. The second-order valence-electron chi connectivity index (χ2n) is 7.30. The van der Waals surface area contributed by atoms with Gasteiger partial charge in [-0.05, 0) is 49.4 Å². The molecule has 0 spiro atoms. The Kier molecular flexibility index (Phi) is 6.94. The van der Waals surface area contributed by atoms with Gasteiger partial charge in [-0.2, -0.15) is 0 Å². The third kappa shape index (κ3) is 4.94. The molecule has 1 aliphatic heterocycles. The molecule has 0 atom stereocenters. The fourth-order valence-corrected chi connectivity index (χ4v) is 3.59. The maximum absolute atomic E-state index is 13.1. The standard InChI is InChI=1S/C26H21ClN2O5/c1-2-33-23-10-6-4-7-17(23)15-21-24(30)28-26(32)29(25(21)31)19-11-13-20(14-12-19)34-16-18-8-3-5-9-22(18)27/h3-15H,2,16H2,1H3,(H,28,30,32)/b21-15+. The number of rotatable bonds is 7. The van der Waals surface area contributed by atoms with E-state index in [1.807, 2.05) is 25.1 Å². The van der Waals surface area contributed by atoms with Gasteiger partial charge in [-0.25, -0.2) is 9.69 Å². The molecule has 0 radical (unpaired) electrons. The molecule has 1 aliphatic rings. The van der Waals surface area contributed by atoms with Crippen molar-refractivity contribution in [1.29, 1.82) is 0 Å². The molecule has 172 valence electrons. The van der Waals surface area contributed by atoms with E-state index in [2.05, 4.69) is 5.32 Å². The molecule has 4 amide bonds. The van der Waals surface area contributed by atoms with Gasteiger partial charge in [0.05, 0.1) is 12.3 Å². The summed E-state index contributed by atoms with van der Waals surface area (Å²) in [7, 11) is 0. The van der Waals surface area contributed by atoms with Crippen molar-refractivity contribution in [2.24, 2.45) is 0 Å². The number of para-hydroxylation sites is 1. The van der Waals surface area contributed by atoms with Crippen LogP contribution in [0.1, 0.15) is 18.1 Å². The molecule has 1 N–H and O–H groups in total. The number of anilines is 1. The molecule has 4 rings (SSSR count). The minimum absolute atomic E-state index is 0.175. The van der Waals surface area contributed by atoms with Gasteiger partial charge in [-0.3, -0.25) is 14.9 Å². The Morgan fingerprint density at radius 1 is 0.912 bits per heavy atom. The lowest BCUT2D eigenvalue weighted by atomic mass is 10.1. The second kappa shape index (κ2) is 10.2. The highest BCUT2D eigenvalue weighted by molar-refractivity contribution is 6.39. The number of barbiturate groups is 1. The van der Waals surface area contributed by atoms with E-state index in [9.17, 15) is 14.4 Å². The number of benzene rings is 3. The Morgan fingerprint density at radius 2 is 1.62 bits per heavy atom.